The predicted molar refractivity (Wildman–Crippen MR) is 97.7 cm³/mol. The summed E-state index contributed by atoms with van der Waals surface area (Å²) in [6.07, 6.45) is 2.38. The monoisotopic (exact) mass is 372 g/mol. The molecule has 0 heterocycles. The number of sulfonamides is 1. The first-order valence-corrected chi connectivity index (χ1v) is 10.0. The summed E-state index contributed by atoms with van der Waals surface area (Å²) in [6, 6.07) is 4.17. The van der Waals surface area contributed by atoms with Gasteiger partial charge in [0.2, 0.25) is 10.0 Å². The molecule has 0 radical (unpaired) electrons. The van der Waals surface area contributed by atoms with Crippen LogP contribution in [0, 0.1) is 0 Å². The molecule has 1 atom stereocenters. The smallest absolute Gasteiger partial charge is 0.335 e. The third kappa shape index (κ3) is 7.01. The summed E-state index contributed by atoms with van der Waals surface area (Å²) in [6.45, 7) is 7.15. The Morgan fingerprint density at radius 3 is 2.64 bits per heavy atom. The van der Waals surface area contributed by atoms with Gasteiger partial charge in [-0.25, -0.2) is 17.9 Å². The molecule has 3 N–H and O–H groups in total. The quantitative estimate of drug-likeness (QED) is 0.487. The van der Waals surface area contributed by atoms with Crippen LogP contribution in [0.1, 0.15) is 50.4 Å². The second-order valence-corrected chi connectivity index (χ2v) is 7.53. The van der Waals surface area contributed by atoms with Crippen molar-refractivity contribution in [1.82, 2.24) is 4.72 Å². The van der Waals surface area contributed by atoms with Gasteiger partial charge in [0.25, 0.3) is 0 Å². The Kier molecular flexibility index (Phi) is 8.88. The predicted octanol–water partition coefficient (Wildman–Crippen LogP) is 2.69. The van der Waals surface area contributed by atoms with Crippen LogP contribution in [0.15, 0.2) is 23.1 Å². The van der Waals surface area contributed by atoms with Crippen LogP contribution >= 0.6 is 0 Å². The SMILES string of the molecule is CCC[C@H](C)Nc1ccc(C(=O)O)cc1S(=O)(=O)NCCCOCC. The average Bonchev–Trinajstić information content (AvgIpc) is 2.54. The van der Waals surface area contributed by atoms with E-state index in [0.29, 0.717) is 25.3 Å². The van der Waals surface area contributed by atoms with E-state index in [1.54, 1.807) is 0 Å². The molecule has 1 aromatic carbocycles. The fraction of sp³-hybridized carbons (Fsp3) is 0.588. The van der Waals surface area contributed by atoms with E-state index in [0.717, 1.165) is 12.8 Å². The fourth-order valence-electron chi connectivity index (χ4n) is 2.37. The Morgan fingerprint density at radius 1 is 1.32 bits per heavy atom. The lowest BCUT2D eigenvalue weighted by molar-refractivity contribution is 0.0696. The summed E-state index contributed by atoms with van der Waals surface area (Å²) in [5.41, 5.74) is 0.339. The summed E-state index contributed by atoms with van der Waals surface area (Å²) in [5.74, 6) is -1.17. The molecular weight excluding hydrogens is 344 g/mol. The topological polar surface area (TPSA) is 105 Å². The Labute approximate surface area is 149 Å². The highest BCUT2D eigenvalue weighted by Crippen LogP contribution is 2.24. The van der Waals surface area contributed by atoms with Crippen molar-refractivity contribution in [2.24, 2.45) is 0 Å². The minimum Gasteiger partial charge on any atom is -0.478 e. The first kappa shape index (κ1) is 21.4. The van der Waals surface area contributed by atoms with Gasteiger partial charge in [-0.15, -0.1) is 0 Å². The van der Waals surface area contributed by atoms with E-state index in [-0.39, 0.29) is 23.0 Å². The number of hydrogen-bond donors (Lipinski definition) is 3. The maximum absolute atomic E-state index is 12.6. The molecule has 7 nitrogen and oxygen atoms in total. The molecule has 0 aliphatic carbocycles. The van der Waals surface area contributed by atoms with Crippen molar-refractivity contribution < 1.29 is 23.1 Å². The van der Waals surface area contributed by atoms with Crippen LogP contribution in [0.5, 0.6) is 0 Å². The lowest BCUT2D eigenvalue weighted by Gasteiger charge is -2.18. The molecule has 0 bridgehead atoms. The van der Waals surface area contributed by atoms with Crippen molar-refractivity contribution in [2.45, 2.75) is 51.0 Å². The van der Waals surface area contributed by atoms with Gasteiger partial charge in [-0.05, 0) is 44.9 Å². The van der Waals surface area contributed by atoms with Gasteiger partial charge < -0.3 is 15.2 Å². The Balaban J connectivity index is 3.02. The van der Waals surface area contributed by atoms with Crippen molar-refractivity contribution in [2.75, 3.05) is 25.1 Å². The van der Waals surface area contributed by atoms with E-state index >= 15 is 0 Å². The van der Waals surface area contributed by atoms with E-state index < -0.39 is 16.0 Å². The van der Waals surface area contributed by atoms with Gasteiger partial charge in [-0.2, -0.15) is 0 Å². The highest BCUT2D eigenvalue weighted by molar-refractivity contribution is 7.89. The summed E-state index contributed by atoms with van der Waals surface area (Å²) >= 11 is 0. The van der Waals surface area contributed by atoms with Crippen molar-refractivity contribution >= 4 is 21.7 Å². The number of carboxylic acids is 1. The molecule has 0 fully saturated rings. The third-order valence-electron chi connectivity index (χ3n) is 3.60. The van der Waals surface area contributed by atoms with E-state index in [9.17, 15) is 13.2 Å². The summed E-state index contributed by atoms with van der Waals surface area (Å²) in [5, 5.41) is 12.3. The number of carbonyl (C=O) groups is 1. The molecule has 0 saturated carbocycles. The molecule has 0 aromatic heterocycles. The van der Waals surface area contributed by atoms with Gasteiger partial charge in [0.1, 0.15) is 4.90 Å². The largest absolute Gasteiger partial charge is 0.478 e. The van der Waals surface area contributed by atoms with Gasteiger partial charge in [-0.1, -0.05) is 13.3 Å². The molecule has 0 amide bonds. The molecule has 1 rings (SSSR count). The number of aromatic carboxylic acids is 1. The Bertz CT molecular complexity index is 661. The van der Waals surface area contributed by atoms with Crippen LogP contribution in [0.4, 0.5) is 5.69 Å². The molecule has 0 spiro atoms. The van der Waals surface area contributed by atoms with Crippen LogP contribution in [0.3, 0.4) is 0 Å². The molecular formula is C17H28N2O5S. The highest BCUT2D eigenvalue weighted by Gasteiger charge is 2.21. The summed E-state index contributed by atoms with van der Waals surface area (Å²) in [7, 11) is -3.83. The molecule has 0 unspecified atom stereocenters. The zero-order valence-electron chi connectivity index (χ0n) is 15.0. The van der Waals surface area contributed by atoms with Crippen LogP contribution < -0.4 is 10.0 Å². The molecule has 0 aliphatic heterocycles. The van der Waals surface area contributed by atoms with Crippen molar-refractivity contribution in [1.29, 1.82) is 0 Å². The van der Waals surface area contributed by atoms with E-state index in [2.05, 4.69) is 10.0 Å². The second kappa shape index (κ2) is 10.4. The van der Waals surface area contributed by atoms with Gasteiger partial charge in [0.05, 0.1) is 11.3 Å². The number of ether oxygens (including phenoxy) is 1. The van der Waals surface area contributed by atoms with Gasteiger partial charge in [-0.3, -0.25) is 0 Å². The normalized spacial score (nSPS) is 12.8. The van der Waals surface area contributed by atoms with E-state index in [4.69, 9.17) is 9.84 Å². The van der Waals surface area contributed by atoms with Crippen LogP contribution in [0.25, 0.3) is 0 Å². The average molecular weight is 372 g/mol. The second-order valence-electron chi connectivity index (χ2n) is 5.80. The number of benzene rings is 1. The van der Waals surface area contributed by atoms with Crippen molar-refractivity contribution in [3.63, 3.8) is 0 Å². The Hall–Kier alpha value is -1.64. The van der Waals surface area contributed by atoms with E-state index in [1.807, 2.05) is 20.8 Å². The number of anilines is 1. The summed E-state index contributed by atoms with van der Waals surface area (Å²) < 4.78 is 32.9. The molecule has 142 valence electrons. The van der Waals surface area contributed by atoms with Gasteiger partial charge in [0.15, 0.2) is 0 Å². The van der Waals surface area contributed by atoms with Crippen LogP contribution in [-0.2, 0) is 14.8 Å². The molecule has 25 heavy (non-hydrogen) atoms. The fourth-order valence-corrected chi connectivity index (χ4v) is 3.64. The van der Waals surface area contributed by atoms with Crippen LogP contribution in [0.2, 0.25) is 0 Å². The zero-order chi connectivity index (χ0) is 18.9. The van der Waals surface area contributed by atoms with Gasteiger partial charge >= 0.3 is 5.97 Å². The lowest BCUT2D eigenvalue weighted by atomic mass is 10.1. The Morgan fingerprint density at radius 2 is 2.04 bits per heavy atom. The highest BCUT2D eigenvalue weighted by atomic mass is 32.2. The first-order valence-electron chi connectivity index (χ1n) is 8.53. The first-order chi connectivity index (χ1) is 11.8. The minimum atomic E-state index is -3.83. The molecule has 0 aliphatic rings. The molecule has 0 saturated heterocycles. The lowest BCUT2D eigenvalue weighted by Crippen LogP contribution is -2.27. The number of carboxylic acid groups (broad SMARTS) is 1. The molecule has 8 heteroatoms. The number of rotatable bonds is 12. The number of nitrogens with one attached hydrogen (secondary N) is 2. The van der Waals surface area contributed by atoms with Crippen LogP contribution in [-0.4, -0.2) is 45.3 Å². The van der Waals surface area contributed by atoms with Crippen molar-refractivity contribution in [3.05, 3.63) is 23.8 Å². The maximum Gasteiger partial charge on any atom is 0.335 e. The minimum absolute atomic E-state index is 0.0493. The molecule has 1 aromatic rings. The zero-order valence-corrected chi connectivity index (χ0v) is 15.9. The standard InChI is InChI=1S/C17H28N2O5S/c1-4-7-13(3)19-15-9-8-14(17(20)21)12-16(15)25(22,23)18-10-6-11-24-5-2/h8-9,12-13,18-19H,4-7,10-11H2,1-3H3,(H,20,21)/t13-/m0/s1. The van der Waals surface area contributed by atoms with Crippen molar-refractivity contribution in [3.8, 4) is 0 Å². The maximum atomic E-state index is 12.6. The third-order valence-corrected chi connectivity index (χ3v) is 5.10. The summed E-state index contributed by atoms with van der Waals surface area (Å²) in [4.78, 5) is 11.1. The van der Waals surface area contributed by atoms with Gasteiger partial charge in [0, 0.05) is 25.8 Å². The van der Waals surface area contributed by atoms with E-state index in [1.165, 1.54) is 18.2 Å². The number of hydrogen-bond acceptors (Lipinski definition) is 5.